The van der Waals surface area contributed by atoms with Crippen LogP contribution in [0.25, 0.3) is 10.9 Å². The van der Waals surface area contributed by atoms with E-state index in [4.69, 9.17) is 10.00 Å². The predicted octanol–water partition coefficient (Wildman–Crippen LogP) is 3.15. The molecule has 0 saturated heterocycles. The fourth-order valence-corrected chi connectivity index (χ4v) is 2.15. The summed E-state index contributed by atoms with van der Waals surface area (Å²) in [5, 5.41) is 9.94. The maximum Gasteiger partial charge on any atom is 0.145 e. The molecule has 0 amide bonds. The Balaban J connectivity index is 2.69. The highest BCUT2D eigenvalue weighted by Crippen LogP contribution is 2.32. The maximum absolute atomic E-state index is 8.90. The average molecular weight is 269 g/mol. The second-order valence-electron chi connectivity index (χ2n) is 5.18. The van der Waals surface area contributed by atoms with Gasteiger partial charge in [0.2, 0.25) is 0 Å². The number of rotatable bonds is 4. The molecule has 0 aliphatic rings. The lowest BCUT2D eigenvalue weighted by Gasteiger charge is -2.18. The van der Waals surface area contributed by atoms with Gasteiger partial charge in [0.15, 0.2) is 0 Å². The van der Waals surface area contributed by atoms with E-state index in [0.29, 0.717) is 6.42 Å². The minimum atomic E-state index is 0.0878. The number of hydrogen-bond acceptors (Lipinski definition) is 4. The summed E-state index contributed by atoms with van der Waals surface area (Å²) in [6, 6.07) is 10.0. The van der Waals surface area contributed by atoms with Gasteiger partial charge in [-0.2, -0.15) is 5.26 Å². The van der Waals surface area contributed by atoms with Crippen molar-refractivity contribution >= 4 is 16.6 Å². The molecule has 0 aliphatic carbocycles. The van der Waals surface area contributed by atoms with Gasteiger partial charge in [0.05, 0.1) is 24.3 Å². The number of benzene rings is 1. The highest BCUT2D eigenvalue weighted by atomic mass is 16.5. The van der Waals surface area contributed by atoms with Crippen molar-refractivity contribution in [2.45, 2.75) is 26.4 Å². The summed E-state index contributed by atoms with van der Waals surface area (Å²) in [6.45, 7) is 3.98. The molecule has 0 saturated carbocycles. The van der Waals surface area contributed by atoms with Gasteiger partial charge >= 0.3 is 0 Å². The molecule has 1 aromatic heterocycles. The molecular formula is C16H19N3O. The Morgan fingerprint density at radius 2 is 2.10 bits per heavy atom. The molecule has 104 valence electrons. The molecule has 2 rings (SSSR count). The van der Waals surface area contributed by atoms with E-state index < -0.39 is 0 Å². The van der Waals surface area contributed by atoms with Crippen molar-refractivity contribution in [1.82, 2.24) is 4.98 Å². The number of pyridine rings is 1. The van der Waals surface area contributed by atoms with Gasteiger partial charge in [-0.1, -0.05) is 12.1 Å². The van der Waals surface area contributed by atoms with Crippen LogP contribution in [-0.2, 0) is 6.42 Å². The number of nitrogens with zero attached hydrogens (tertiary/aromatic N) is 3. The summed E-state index contributed by atoms with van der Waals surface area (Å²) >= 11 is 0. The lowest BCUT2D eigenvalue weighted by atomic mass is 10.1. The van der Waals surface area contributed by atoms with Gasteiger partial charge in [-0.15, -0.1) is 0 Å². The van der Waals surface area contributed by atoms with E-state index in [1.54, 1.807) is 0 Å². The van der Waals surface area contributed by atoms with E-state index in [1.165, 1.54) is 0 Å². The summed E-state index contributed by atoms with van der Waals surface area (Å²) in [5.74, 6) is 0.764. The van der Waals surface area contributed by atoms with E-state index >= 15 is 0 Å². The molecule has 4 nitrogen and oxygen atoms in total. The molecule has 4 heteroatoms. The molecule has 1 heterocycles. The third-order valence-corrected chi connectivity index (χ3v) is 2.94. The largest absolute Gasteiger partial charge is 0.489 e. The first kappa shape index (κ1) is 14.1. The minimum Gasteiger partial charge on any atom is -0.489 e. The Morgan fingerprint density at radius 1 is 1.35 bits per heavy atom. The normalized spacial score (nSPS) is 10.6. The summed E-state index contributed by atoms with van der Waals surface area (Å²) in [6.07, 6.45) is 0.386. The first-order valence-electron chi connectivity index (χ1n) is 6.66. The summed E-state index contributed by atoms with van der Waals surface area (Å²) < 4.78 is 5.83. The SMILES string of the molecule is CC(C)Oc1cccc2c(N(C)C)cc(CC#N)nc12. The second kappa shape index (κ2) is 5.79. The molecule has 0 spiro atoms. The zero-order chi connectivity index (χ0) is 14.7. The molecule has 0 unspecified atom stereocenters. The quantitative estimate of drug-likeness (QED) is 0.855. The van der Waals surface area contributed by atoms with Crippen molar-refractivity contribution in [2.24, 2.45) is 0 Å². The highest BCUT2D eigenvalue weighted by Gasteiger charge is 2.12. The average Bonchev–Trinajstić information content (AvgIpc) is 2.38. The predicted molar refractivity (Wildman–Crippen MR) is 81.2 cm³/mol. The number of ether oxygens (including phenoxy) is 1. The molecule has 2 aromatic rings. The molecule has 0 N–H and O–H groups in total. The van der Waals surface area contributed by atoms with Gasteiger partial charge in [-0.25, -0.2) is 4.98 Å². The van der Waals surface area contributed by atoms with Crippen LogP contribution in [0.15, 0.2) is 24.3 Å². The molecule has 0 fully saturated rings. The summed E-state index contributed by atoms with van der Waals surface area (Å²) in [4.78, 5) is 6.62. The molecule has 20 heavy (non-hydrogen) atoms. The van der Waals surface area contributed by atoms with Crippen molar-refractivity contribution in [3.8, 4) is 11.8 Å². The van der Waals surface area contributed by atoms with Crippen molar-refractivity contribution in [1.29, 1.82) is 5.26 Å². The van der Waals surface area contributed by atoms with Crippen LogP contribution in [0.4, 0.5) is 5.69 Å². The Bertz CT molecular complexity index is 657. The van der Waals surface area contributed by atoms with E-state index in [9.17, 15) is 0 Å². The first-order valence-corrected chi connectivity index (χ1v) is 6.66. The lowest BCUT2D eigenvalue weighted by molar-refractivity contribution is 0.245. The number of nitriles is 1. The number of hydrogen-bond donors (Lipinski definition) is 0. The van der Waals surface area contributed by atoms with Crippen LogP contribution < -0.4 is 9.64 Å². The fourth-order valence-electron chi connectivity index (χ4n) is 2.15. The van der Waals surface area contributed by atoms with Crippen molar-refractivity contribution < 1.29 is 4.74 Å². The van der Waals surface area contributed by atoms with Crippen LogP contribution in [0.2, 0.25) is 0 Å². The fraction of sp³-hybridized carbons (Fsp3) is 0.375. The second-order valence-corrected chi connectivity index (χ2v) is 5.18. The Morgan fingerprint density at radius 3 is 2.70 bits per heavy atom. The summed E-state index contributed by atoms with van der Waals surface area (Å²) in [5.41, 5.74) is 2.63. The Kier molecular flexibility index (Phi) is 4.09. The van der Waals surface area contributed by atoms with Crippen LogP contribution >= 0.6 is 0 Å². The number of aromatic nitrogens is 1. The smallest absolute Gasteiger partial charge is 0.145 e. The number of para-hydroxylation sites is 1. The zero-order valence-corrected chi connectivity index (χ0v) is 12.3. The van der Waals surface area contributed by atoms with Crippen molar-refractivity contribution in [3.05, 3.63) is 30.0 Å². The van der Waals surface area contributed by atoms with Gasteiger partial charge < -0.3 is 9.64 Å². The molecule has 0 aliphatic heterocycles. The molecule has 0 bridgehead atoms. The van der Waals surface area contributed by atoms with Gasteiger partial charge in [-0.05, 0) is 26.0 Å². The van der Waals surface area contributed by atoms with Crippen molar-refractivity contribution in [2.75, 3.05) is 19.0 Å². The van der Waals surface area contributed by atoms with Crippen LogP contribution in [0.1, 0.15) is 19.5 Å². The van der Waals surface area contributed by atoms with Gasteiger partial charge in [0.1, 0.15) is 11.3 Å². The Hall–Kier alpha value is -2.28. The topological polar surface area (TPSA) is 49.1 Å². The molecule has 0 atom stereocenters. The van der Waals surface area contributed by atoms with E-state index in [2.05, 4.69) is 11.1 Å². The number of fused-ring (bicyclic) bond motifs is 1. The third kappa shape index (κ3) is 2.83. The van der Waals surface area contributed by atoms with E-state index in [1.807, 2.05) is 57.1 Å². The minimum absolute atomic E-state index is 0.0878. The highest BCUT2D eigenvalue weighted by molar-refractivity contribution is 5.95. The van der Waals surface area contributed by atoms with Crippen LogP contribution in [-0.4, -0.2) is 25.2 Å². The van der Waals surface area contributed by atoms with Gasteiger partial charge in [-0.3, -0.25) is 0 Å². The monoisotopic (exact) mass is 269 g/mol. The van der Waals surface area contributed by atoms with Gasteiger partial charge in [0.25, 0.3) is 0 Å². The standard InChI is InChI=1S/C16H19N3O/c1-11(2)20-15-7-5-6-13-14(19(3)4)10-12(8-9-17)18-16(13)15/h5-7,10-11H,8H2,1-4H3. The van der Waals surface area contributed by atoms with Crippen LogP contribution in [0.3, 0.4) is 0 Å². The third-order valence-electron chi connectivity index (χ3n) is 2.94. The Labute approximate surface area is 119 Å². The van der Waals surface area contributed by atoms with Crippen LogP contribution in [0, 0.1) is 11.3 Å². The van der Waals surface area contributed by atoms with Crippen molar-refractivity contribution in [3.63, 3.8) is 0 Å². The van der Waals surface area contributed by atoms with E-state index in [-0.39, 0.29) is 6.10 Å². The molecule has 0 radical (unpaired) electrons. The molecular weight excluding hydrogens is 250 g/mol. The number of anilines is 1. The molecule has 1 aromatic carbocycles. The van der Waals surface area contributed by atoms with E-state index in [0.717, 1.165) is 28.0 Å². The first-order chi connectivity index (χ1) is 9.52. The van der Waals surface area contributed by atoms with Gasteiger partial charge in [0, 0.05) is 25.2 Å². The maximum atomic E-state index is 8.90. The lowest BCUT2D eigenvalue weighted by Crippen LogP contribution is -2.11. The summed E-state index contributed by atoms with van der Waals surface area (Å²) in [7, 11) is 3.97. The van der Waals surface area contributed by atoms with Crippen LogP contribution in [0.5, 0.6) is 5.75 Å². The zero-order valence-electron chi connectivity index (χ0n) is 12.3.